The van der Waals surface area contributed by atoms with Crippen molar-refractivity contribution in [2.24, 2.45) is 11.1 Å². The normalized spacial score (nSPS) is 20.1. The Bertz CT molecular complexity index is 635. The Morgan fingerprint density at radius 3 is 2.43 bits per heavy atom. The molecule has 1 heterocycles. The zero-order chi connectivity index (χ0) is 15.2. The van der Waals surface area contributed by atoms with E-state index < -0.39 is 0 Å². The first-order valence-corrected chi connectivity index (χ1v) is 7.61. The quantitative estimate of drug-likeness (QED) is 0.915. The summed E-state index contributed by atoms with van der Waals surface area (Å²) < 4.78 is 2.30. The molecule has 0 radical (unpaired) electrons. The number of benzene rings is 1. The maximum atomic E-state index is 6.36. The molecule has 1 aromatic heterocycles. The molecule has 1 aliphatic carbocycles. The number of fused-ring (bicyclic) bond motifs is 1. The second-order valence-corrected chi connectivity index (χ2v) is 7.15. The maximum absolute atomic E-state index is 6.36. The molecular formula is C18H25N3. The van der Waals surface area contributed by atoms with E-state index in [2.05, 4.69) is 73.9 Å². The monoisotopic (exact) mass is 283 g/mol. The summed E-state index contributed by atoms with van der Waals surface area (Å²) in [5, 5.41) is 0. The second kappa shape index (κ2) is 4.92. The zero-order valence-electron chi connectivity index (χ0n) is 13.4. The van der Waals surface area contributed by atoms with Gasteiger partial charge in [0.2, 0.25) is 0 Å². The fourth-order valence-corrected chi connectivity index (χ4v) is 3.39. The van der Waals surface area contributed by atoms with Gasteiger partial charge >= 0.3 is 0 Å². The SMILES string of the molecule is CN(C)c1ccc(-n2ccc3c2CC(C)(C)CC3N)cc1. The van der Waals surface area contributed by atoms with E-state index in [-0.39, 0.29) is 11.5 Å². The van der Waals surface area contributed by atoms with Crippen LogP contribution in [0.1, 0.15) is 37.6 Å². The fraction of sp³-hybridized carbons (Fsp3) is 0.444. The van der Waals surface area contributed by atoms with E-state index in [1.807, 2.05) is 0 Å². The molecule has 1 atom stereocenters. The Hall–Kier alpha value is -1.74. The van der Waals surface area contributed by atoms with E-state index in [0.29, 0.717) is 0 Å². The van der Waals surface area contributed by atoms with E-state index in [0.717, 1.165) is 12.8 Å². The number of aromatic nitrogens is 1. The molecule has 0 bridgehead atoms. The molecule has 21 heavy (non-hydrogen) atoms. The highest BCUT2D eigenvalue weighted by Gasteiger charge is 2.32. The van der Waals surface area contributed by atoms with Crippen molar-refractivity contribution in [3.8, 4) is 5.69 Å². The molecule has 0 spiro atoms. The van der Waals surface area contributed by atoms with Crippen LogP contribution in [0.5, 0.6) is 0 Å². The molecule has 0 fully saturated rings. The molecule has 0 saturated heterocycles. The lowest BCUT2D eigenvalue weighted by Gasteiger charge is -2.34. The first-order valence-electron chi connectivity index (χ1n) is 7.61. The van der Waals surface area contributed by atoms with Gasteiger partial charge in [0.15, 0.2) is 0 Å². The van der Waals surface area contributed by atoms with Crippen molar-refractivity contribution in [2.45, 2.75) is 32.7 Å². The lowest BCUT2D eigenvalue weighted by atomic mass is 9.74. The van der Waals surface area contributed by atoms with E-state index >= 15 is 0 Å². The Kier molecular flexibility index (Phi) is 3.33. The van der Waals surface area contributed by atoms with Gasteiger partial charge in [-0.05, 0) is 54.2 Å². The van der Waals surface area contributed by atoms with Gasteiger partial charge in [0.25, 0.3) is 0 Å². The van der Waals surface area contributed by atoms with Crippen molar-refractivity contribution in [3.05, 3.63) is 47.8 Å². The van der Waals surface area contributed by atoms with E-state index in [4.69, 9.17) is 5.73 Å². The van der Waals surface area contributed by atoms with Crippen molar-refractivity contribution in [1.82, 2.24) is 4.57 Å². The molecule has 3 heteroatoms. The number of hydrogen-bond donors (Lipinski definition) is 1. The number of nitrogens with two attached hydrogens (primary N) is 1. The molecule has 1 aromatic carbocycles. The van der Waals surface area contributed by atoms with Crippen molar-refractivity contribution in [1.29, 1.82) is 0 Å². The molecule has 2 aromatic rings. The summed E-state index contributed by atoms with van der Waals surface area (Å²) in [6.45, 7) is 4.62. The molecule has 2 N–H and O–H groups in total. The average molecular weight is 283 g/mol. The number of anilines is 1. The predicted molar refractivity (Wildman–Crippen MR) is 89.1 cm³/mol. The molecule has 1 unspecified atom stereocenters. The first kappa shape index (κ1) is 14.2. The minimum Gasteiger partial charge on any atom is -0.378 e. The molecule has 112 valence electrons. The van der Waals surface area contributed by atoms with Gasteiger partial charge in [-0.3, -0.25) is 0 Å². The van der Waals surface area contributed by atoms with Crippen molar-refractivity contribution >= 4 is 5.69 Å². The number of hydrogen-bond acceptors (Lipinski definition) is 2. The van der Waals surface area contributed by atoms with Gasteiger partial charge in [0.05, 0.1) is 0 Å². The van der Waals surface area contributed by atoms with Gasteiger partial charge in [-0.15, -0.1) is 0 Å². The summed E-state index contributed by atoms with van der Waals surface area (Å²) in [6.07, 6.45) is 4.30. The third kappa shape index (κ3) is 2.58. The highest BCUT2D eigenvalue weighted by molar-refractivity contribution is 5.51. The summed E-state index contributed by atoms with van der Waals surface area (Å²) >= 11 is 0. The van der Waals surface area contributed by atoms with Crippen LogP contribution in [0.2, 0.25) is 0 Å². The molecule has 0 saturated carbocycles. The van der Waals surface area contributed by atoms with Crippen LogP contribution >= 0.6 is 0 Å². The predicted octanol–water partition coefficient (Wildman–Crippen LogP) is 3.52. The van der Waals surface area contributed by atoms with E-state index in [9.17, 15) is 0 Å². The number of rotatable bonds is 2. The molecule has 3 nitrogen and oxygen atoms in total. The molecule has 3 rings (SSSR count). The Labute approximate surface area is 127 Å². The Morgan fingerprint density at radius 2 is 1.81 bits per heavy atom. The van der Waals surface area contributed by atoms with Crippen LogP contribution < -0.4 is 10.6 Å². The average Bonchev–Trinajstić information content (AvgIpc) is 2.81. The maximum Gasteiger partial charge on any atom is 0.0453 e. The second-order valence-electron chi connectivity index (χ2n) is 7.15. The van der Waals surface area contributed by atoms with Gasteiger partial charge in [0.1, 0.15) is 0 Å². The third-order valence-electron chi connectivity index (χ3n) is 4.49. The topological polar surface area (TPSA) is 34.2 Å². The van der Waals surface area contributed by atoms with Gasteiger partial charge in [-0.2, -0.15) is 0 Å². The highest BCUT2D eigenvalue weighted by Crippen LogP contribution is 2.40. The van der Waals surface area contributed by atoms with Crippen LogP contribution in [0.25, 0.3) is 5.69 Å². The van der Waals surface area contributed by atoms with Gasteiger partial charge in [-0.25, -0.2) is 0 Å². The standard InChI is InChI=1S/C18H25N3/c1-18(2)11-16(19)15-9-10-21(17(15)12-18)14-7-5-13(6-8-14)20(3)4/h5-10,16H,11-12,19H2,1-4H3. The highest BCUT2D eigenvalue weighted by atomic mass is 15.1. The molecule has 0 aliphatic heterocycles. The molecule has 1 aliphatic rings. The summed E-state index contributed by atoms with van der Waals surface area (Å²) in [7, 11) is 4.13. The minimum absolute atomic E-state index is 0.158. The molecule has 0 amide bonds. The Balaban J connectivity index is 2.01. The van der Waals surface area contributed by atoms with Crippen LogP contribution in [0.15, 0.2) is 36.5 Å². The van der Waals surface area contributed by atoms with Crippen molar-refractivity contribution in [2.75, 3.05) is 19.0 Å². The largest absolute Gasteiger partial charge is 0.378 e. The summed E-state index contributed by atoms with van der Waals surface area (Å²) in [6, 6.07) is 11.0. The van der Waals surface area contributed by atoms with Gasteiger partial charge < -0.3 is 15.2 Å². The van der Waals surface area contributed by atoms with E-state index in [1.54, 1.807) is 0 Å². The lowest BCUT2D eigenvalue weighted by molar-refractivity contribution is 0.278. The van der Waals surface area contributed by atoms with Gasteiger partial charge in [-0.1, -0.05) is 13.8 Å². The summed E-state index contributed by atoms with van der Waals surface area (Å²) in [4.78, 5) is 2.12. The van der Waals surface area contributed by atoms with E-state index in [1.165, 1.54) is 22.6 Å². The van der Waals surface area contributed by atoms with Crippen LogP contribution in [0, 0.1) is 5.41 Å². The van der Waals surface area contributed by atoms with Crippen molar-refractivity contribution < 1.29 is 0 Å². The number of nitrogens with zero attached hydrogens (tertiary/aromatic N) is 2. The first-order chi connectivity index (χ1) is 9.87. The van der Waals surface area contributed by atoms with Crippen LogP contribution in [0.3, 0.4) is 0 Å². The Morgan fingerprint density at radius 1 is 1.14 bits per heavy atom. The lowest BCUT2D eigenvalue weighted by Crippen LogP contribution is -2.30. The summed E-state index contributed by atoms with van der Waals surface area (Å²) in [5.41, 5.74) is 11.7. The zero-order valence-corrected chi connectivity index (χ0v) is 13.4. The van der Waals surface area contributed by atoms with Crippen molar-refractivity contribution in [3.63, 3.8) is 0 Å². The van der Waals surface area contributed by atoms with Gasteiger partial charge in [0, 0.05) is 43.4 Å². The smallest absolute Gasteiger partial charge is 0.0453 e. The van der Waals surface area contributed by atoms with Crippen LogP contribution in [-0.2, 0) is 6.42 Å². The molecular weight excluding hydrogens is 258 g/mol. The van der Waals surface area contributed by atoms with Crippen LogP contribution in [-0.4, -0.2) is 18.7 Å². The third-order valence-corrected chi connectivity index (χ3v) is 4.49. The minimum atomic E-state index is 0.158. The summed E-state index contributed by atoms with van der Waals surface area (Å²) in [5.74, 6) is 0. The van der Waals surface area contributed by atoms with Crippen LogP contribution in [0.4, 0.5) is 5.69 Å². The fourth-order valence-electron chi connectivity index (χ4n) is 3.39.